The molecule has 10 nitrogen and oxygen atoms in total. The third kappa shape index (κ3) is 12.0. The molecule has 7 atom stereocenters. The van der Waals surface area contributed by atoms with Gasteiger partial charge in [-0.2, -0.15) is 0 Å². The molecule has 2 saturated heterocycles. The summed E-state index contributed by atoms with van der Waals surface area (Å²) in [4.78, 5) is 14.8. The van der Waals surface area contributed by atoms with Crippen molar-refractivity contribution in [3.63, 3.8) is 0 Å². The summed E-state index contributed by atoms with van der Waals surface area (Å²) in [6, 6.07) is 38.9. The van der Waals surface area contributed by atoms with Crippen molar-refractivity contribution in [3.8, 4) is 11.8 Å². The molecule has 0 saturated carbocycles. The first kappa shape index (κ1) is 42.0. The van der Waals surface area contributed by atoms with Crippen molar-refractivity contribution in [2.24, 2.45) is 0 Å². The predicted molar refractivity (Wildman–Crippen MR) is 215 cm³/mol. The Balaban J connectivity index is 1.34. The van der Waals surface area contributed by atoms with Crippen molar-refractivity contribution < 1.29 is 43.1 Å². The SMILES string of the molecule is CC(C)(C)OC(=O)N1[C@@H](C(O)C#C[C@H]2O[C@H](COCc3ccccc3)[C@@H](OCc3ccccc3)[C@H](OCc3ccccc3)[C@@H]2OCc2ccccc2)COC1(C)C. The maximum Gasteiger partial charge on any atom is 0.413 e. The number of carbonyl (C=O) groups excluding carboxylic acids is 1. The monoisotopic (exact) mass is 777 g/mol. The molecule has 1 amide bonds. The van der Waals surface area contributed by atoms with Crippen molar-refractivity contribution in [2.75, 3.05) is 13.2 Å². The summed E-state index contributed by atoms with van der Waals surface area (Å²) in [7, 11) is 0. The Hall–Kier alpha value is -4.57. The highest BCUT2D eigenvalue weighted by Gasteiger charge is 2.50. The van der Waals surface area contributed by atoms with E-state index in [4.69, 9.17) is 33.2 Å². The van der Waals surface area contributed by atoms with E-state index >= 15 is 0 Å². The van der Waals surface area contributed by atoms with Gasteiger partial charge >= 0.3 is 6.09 Å². The molecule has 0 aromatic heterocycles. The lowest BCUT2D eigenvalue weighted by atomic mass is 9.93. The minimum atomic E-state index is -1.30. The van der Waals surface area contributed by atoms with Gasteiger partial charge in [0.05, 0.1) is 45.7 Å². The second-order valence-corrected chi connectivity index (χ2v) is 15.8. The zero-order valence-electron chi connectivity index (χ0n) is 33.5. The van der Waals surface area contributed by atoms with E-state index in [0.29, 0.717) is 13.2 Å². The van der Waals surface area contributed by atoms with Crippen LogP contribution in [-0.2, 0) is 59.6 Å². The van der Waals surface area contributed by atoms with E-state index in [9.17, 15) is 9.90 Å². The van der Waals surface area contributed by atoms with E-state index in [-0.39, 0.29) is 26.4 Å². The maximum absolute atomic E-state index is 13.4. The highest BCUT2D eigenvalue weighted by Crippen LogP contribution is 2.33. The van der Waals surface area contributed by atoms with Crippen LogP contribution >= 0.6 is 0 Å². The van der Waals surface area contributed by atoms with Gasteiger partial charge in [0, 0.05) is 0 Å². The Labute approximate surface area is 336 Å². The van der Waals surface area contributed by atoms with Gasteiger partial charge in [-0.25, -0.2) is 4.79 Å². The van der Waals surface area contributed by atoms with Crippen LogP contribution in [0.5, 0.6) is 0 Å². The number of ether oxygens (including phenoxy) is 7. The van der Waals surface area contributed by atoms with Crippen LogP contribution in [0.2, 0.25) is 0 Å². The van der Waals surface area contributed by atoms with Crippen LogP contribution in [0.4, 0.5) is 4.79 Å². The average Bonchev–Trinajstić information content (AvgIpc) is 3.53. The van der Waals surface area contributed by atoms with Gasteiger partial charge in [-0.1, -0.05) is 133 Å². The molecule has 302 valence electrons. The quantitative estimate of drug-likeness (QED) is 0.131. The highest BCUT2D eigenvalue weighted by atomic mass is 16.6. The van der Waals surface area contributed by atoms with Crippen molar-refractivity contribution in [3.05, 3.63) is 144 Å². The topological polar surface area (TPSA) is 105 Å². The molecule has 2 aliphatic rings. The largest absolute Gasteiger partial charge is 0.444 e. The normalized spacial score (nSPS) is 23.6. The highest BCUT2D eigenvalue weighted by molar-refractivity contribution is 5.70. The minimum Gasteiger partial charge on any atom is -0.444 e. The lowest BCUT2D eigenvalue weighted by molar-refractivity contribution is -0.261. The fourth-order valence-electron chi connectivity index (χ4n) is 6.90. The smallest absolute Gasteiger partial charge is 0.413 e. The molecular formula is C47H55NO9. The fraction of sp³-hybridized carbons (Fsp3) is 0.426. The molecule has 4 aromatic rings. The first-order valence-electron chi connectivity index (χ1n) is 19.6. The number of amides is 1. The van der Waals surface area contributed by atoms with E-state index in [1.807, 2.05) is 121 Å². The number of rotatable bonds is 14. The van der Waals surface area contributed by atoms with Gasteiger partial charge in [-0.3, -0.25) is 4.90 Å². The van der Waals surface area contributed by atoms with Gasteiger partial charge in [0.2, 0.25) is 0 Å². The minimum absolute atomic E-state index is 0.0652. The van der Waals surface area contributed by atoms with Crippen molar-refractivity contribution >= 4 is 6.09 Å². The molecule has 6 rings (SSSR count). The average molecular weight is 778 g/mol. The zero-order valence-corrected chi connectivity index (χ0v) is 33.5. The van der Waals surface area contributed by atoms with Crippen molar-refractivity contribution in [1.82, 2.24) is 4.90 Å². The van der Waals surface area contributed by atoms with Crippen LogP contribution in [0.15, 0.2) is 121 Å². The van der Waals surface area contributed by atoms with Gasteiger partial charge in [-0.05, 0) is 56.9 Å². The molecule has 1 unspecified atom stereocenters. The summed E-state index contributed by atoms with van der Waals surface area (Å²) in [6.45, 7) is 10.3. The summed E-state index contributed by atoms with van der Waals surface area (Å²) >= 11 is 0. The fourth-order valence-corrected chi connectivity index (χ4v) is 6.90. The number of hydrogen-bond donors (Lipinski definition) is 1. The summed E-state index contributed by atoms with van der Waals surface area (Å²) in [5, 5.41) is 11.7. The van der Waals surface area contributed by atoms with Gasteiger partial charge in [0.1, 0.15) is 47.9 Å². The van der Waals surface area contributed by atoms with Gasteiger partial charge < -0.3 is 38.3 Å². The van der Waals surface area contributed by atoms with Crippen LogP contribution in [0, 0.1) is 11.8 Å². The molecule has 57 heavy (non-hydrogen) atoms. The molecule has 0 radical (unpaired) electrons. The molecule has 0 bridgehead atoms. The number of carbonyl (C=O) groups is 1. The van der Waals surface area contributed by atoms with E-state index in [1.54, 1.807) is 34.6 Å². The summed E-state index contributed by atoms with van der Waals surface area (Å²) in [5.74, 6) is 6.22. The van der Waals surface area contributed by atoms with Gasteiger partial charge in [0.25, 0.3) is 0 Å². The lowest BCUT2D eigenvalue weighted by Gasteiger charge is -2.45. The second-order valence-electron chi connectivity index (χ2n) is 15.8. The lowest BCUT2D eigenvalue weighted by Crippen LogP contribution is -2.61. The predicted octanol–water partition coefficient (Wildman–Crippen LogP) is 7.46. The molecule has 1 N–H and O–H groups in total. The second kappa shape index (κ2) is 19.7. The number of nitrogens with zero attached hydrogens (tertiary/aromatic N) is 1. The molecule has 4 aromatic carbocycles. The zero-order chi connectivity index (χ0) is 40.3. The van der Waals surface area contributed by atoms with Crippen LogP contribution in [0.1, 0.15) is 56.9 Å². The molecule has 2 heterocycles. The third-order valence-electron chi connectivity index (χ3n) is 9.73. The molecule has 10 heteroatoms. The van der Waals surface area contributed by atoms with Crippen molar-refractivity contribution in [2.45, 2.75) is 115 Å². The van der Waals surface area contributed by atoms with E-state index < -0.39 is 60.1 Å². The first-order chi connectivity index (χ1) is 27.5. The summed E-state index contributed by atoms with van der Waals surface area (Å²) < 4.78 is 45.1. The maximum atomic E-state index is 13.4. The summed E-state index contributed by atoms with van der Waals surface area (Å²) in [6.07, 6.45) is -5.52. The molecular weight excluding hydrogens is 723 g/mol. The standard InChI is InChI=1S/C47H55NO9/c1-46(2,3)57-45(50)48-38(32-55-47(48,4)5)39(49)26-27-40-42(52-29-35-20-12-7-13-21-35)44(54-31-37-24-16-9-17-25-37)43(53-30-36-22-14-8-15-23-36)41(56-40)33-51-28-34-18-10-6-11-19-34/h6-25,38-44,49H,28-33H2,1-5H3/t38-,39?,40-,41-,42-,43-,44-/m1/s1. The van der Waals surface area contributed by atoms with E-state index in [0.717, 1.165) is 22.3 Å². The van der Waals surface area contributed by atoms with E-state index in [2.05, 4.69) is 11.8 Å². The van der Waals surface area contributed by atoms with Crippen LogP contribution in [-0.4, -0.2) is 83.3 Å². The number of aliphatic hydroxyl groups excluding tert-OH is 1. The van der Waals surface area contributed by atoms with Gasteiger partial charge in [0.15, 0.2) is 0 Å². The van der Waals surface area contributed by atoms with Crippen LogP contribution in [0.25, 0.3) is 0 Å². The Morgan fingerprint density at radius 1 is 0.737 bits per heavy atom. The van der Waals surface area contributed by atoms with Crippen LogP contribution in [0.3, 0.4) is 0 Å². The number of benzene rings is 4. The Morgan fingerprint density at radius 2 is 1.19 bits per heavy atom. The summed E-state index contributed by atoms with van der Waals surface area (Å²) in [5.41, 5.74) is 2.17. The first-order valence-corrected chi connectivity index (χ1v) is 19.6. The van der Waals surface area contributed by atoms with E-state index in [1.165, 1.54) is 4.90 Å². The van der Waals surface area contributed by atoms with Crippen LogP contribution < -0.4 is 0 Å². The molecule has 0 spiro atoms. The number of aliphatic hydroxyl groups is 1. The Bertz CT molecular complexity index is 1880. The van der Waals surface area contributed by atoms with Gasteiger partial charge in [-0.15, -0.1) is 0 Å². The third-order valence-corrected chi connectivity index (χ3v) is 9.73. The molecule has 2 fully saturated rings. The Morgan fingerprint density at radius 3 is 1.68 bits per heavy atom. The molecule has 2 aliphatic heterocycles. The number of hydrogen-bond acceptors (Lipinski definition) is 9. The molecule has 0 aliphatic carbocycles. The Kier molecular flexibility index (Phi) is 14.6. The van der Waals surface area contributed by atoms with Crippen molar-refractivity contribution in [1.29, 1.82) is 0 Å².